The van der Waals surface area contributed by atoms with Gasteiger partial charge in [0.15, 0.2) is 0 Å². The zero-order valence-corrected chi connectivity index (χ0v) is 12.0. The van der Waals surface area contributed by atoms with Gasteiger partial charge in [-0.25, -0.2) is 0 Å². The van der Waals surface area contributed by atoms with Crippen LogP contribution >= 0.6 is 28.1 Å². The third kappa shape index (κ3) is 4.83. The minimum atomic E-state index is -0.0575. The Morgan fingerprint density at radius 2 is 2.24 bits per heavy atom. The number of carbonyl (C=O) groups is 1. The Hall–Kier alpha value is -0.940. The maximum atomic E-state index is 11.8. The Bertz CT molecular complexity index is 435. The van der Waals surface area contributed by atoms with E-state index in [4.69, 9.17) is 18.0 Å². The van der Waals surface area contributed by atoms with Crippen molar-refractivity contribution in [2.24, 2.45) is 5.73 Å². The van der Waals surface area contributed by atoms with E-state index in [-0.39, 0.29) is 5.91 Å². The van der Waals surface area contributed by atoms with Gasteiger partial charge in [0.05, 0.1) is 4.99 Å². The van der Waals surface area contributed by atoms with E-state index >= 15 is 0 Å². The third-order valence-electron chi connectivity index (χ3n) is 2.32. The van der Waals surface area contributed by atoms with E-state index in [2.05, 4.69) is 21.2 Å². The number of carbonyl (C=O) groups excluding carboxylic acids is 1. The number of halogens is 1. The summed E-state index contributed by atoms with van der Waals surface area (Å²) in [5, 5.41) is 2.85. The maximum Gasteiger partial charge on any atom is 0.251 e. The molecule has 5 heteroatoms. The van der Waals surface area contributed by atoms with Crippen molar-refractivity contribution in [1.82, 2.24) is 5.32 Å². The van der Waals surface area contributed by atoms with Crippen LogP contribution in [0.4, 0.5) is 0 Å². The highest BCUT2D eigenvalue weighted by Gasteiger charge is 2.08. The smallest absolute Gasteiger partial charge is 0.251 e. The summed E-state index contributed by atoms with van der Waals surface area (Å²) in [6.07, 6.45) is 1.44. The number of hydrogen-bond donors (Lipinski definition) is 2. The molecule has 0 saturated carbocycles. The first-order valence-corrected chi connectivity index (χ1v) is 6.53. The van der Waals surface area contributed by atoms with Gasteiger partial charge in [0.2, 0.25) is 0 Å². The van der Waals surface area contributed by atoms with Gasteiger partial charge in [0.1, 0.15) is 0 Å². The van der Waals surface area contributed by atoms with E-state index in [9.17, 15) is 4.79 Å². The summed E-state index contributed by atoms with van der Waals surface area (Å²) in [7, 11) is 0. The van der Waals surface area contributed by atoms with E-state index in [1.54, 1.807) is 0 Å². The SMILES string of the molecule is Cc1cc(Br)ccc1C(=O)NCCCC(N)=S. The highest BCUT2D eigenvalue weighted by Crippen LogP contribution is 2.15. The number of thiocarbonyl (C=S) groups is 1. The molecule has 1 aromatic rings. The minimum Gasteiger partial charge on any atom is -0.393 e. The average Bonchev–Trinajstić information content (AvgIpc) is 2.23. The van der Waals surface area contributed by atoms with E-state index < -0.39 is 0 Å². The number of nitrogens with one attached hydrogen (secondary N) is 1. The standard InChI is InChI=1S/C12H15BrN2OS/c1-8-7-9(13)4-5-10(8)12(16)15-6-2-3-11(14)17/h4-5,7H,2-3,6H2,1H3,(H2,14,17)(H,15,16). The Morgan fingerprint density at radius 1 is 1.53 bits per heavy atom. The topological polar surface area (TPSA) is 55.1 Å². The third-order valence-corrected chi connectivity index (χ3v) is 3.02. The summed E-state index contributed by atoms with van der Waals surface area (Å²) in [5.74, 6) is -0.0575. The Morgan fingerprint density at radius 3 is 2.82 bits per heavy atom. The Balaban J connectivity index is 2.50. The fourth-order valence-corrected chi connectivity index (χ4v) is 2.06. The van der Waals surface area contributed by atoms with Gasteiger partial charge < -0.3 is 11.1 Å². The number of rotatable bonds is 5. The number of nitrogens with two attached hydrogens (primary N) is 1. The van der Waals surface area contributed by atoms with Crippen LogP contribution in [-0.4, -0.2) is 17.4 Å². The number of hydrogen-bond acceptors (Lipinski definition) is 2. The quantitative estimate of drug-likeness (QED) is 0.648. The minimum absolute atomic E-state index is 0.0575. The highest BCUT2D eigenvalue weighted by atomic mass is 79.9. The van der Waals surface area contributed by atoms with Crippen LogP contribution in [0.2, 0.25) is 0 Å². The highest BCUT2D eigenvalue weighted by molar-refractivity contribution is 9.10. The summed E-state index contributed by atoms with van der Waals surface area (Å²) in [6, 6.07) is 5.59. The molecule has 92 valence electrons. The van der Waals surface area contributed by atoms with Crippen molar-refractivity contribution in [2.75, 3.05) is 6.54 Å². The number of aryl methyl sites for hydroxylation is 1. The van der Waals surface area contributed by atoms with E-state index in [1.165, 1.54) is 0 Å². The van der Waals surface area contributed by atoms with Gasteiger partial charge in [-0.15, -0.1) is 0 Å². The number of benzene rings is 1. The Labute approximate surface area is 115 Å². The summed E-state index contributed by atoms with van der Waals surface area (Å²) >= 11 is 8.13. The Kier molecular flexibility index (Phi) is 5.58. The molecule has 0 radical (unpaired) electrons. The van der Waals surface area contributed by atoms with E-state index in [0.29, 0.717) is 23.5 Å². The van der Waals surface area contributed by atoms with Crippen molar-refractivity contribution in [1.29, 1.82) is 0 Å². The van der Waals surface area contributed by atoms with Crippen LogP contribution < -0.4 is 11.1 Å². The van der Waals surface area contributed by atoms with Crippen molar-refractivity contribution >= 4 is 39.0 Å². The van der Waals surface area contributed by atoms with Crippen LogP contribution in [-0.2, 0) is 0 Å². The molecule has 0 heterocycles. The summed E-state index contributed by atoms with van der Waals surface area (Å²) < 4.78 is 0.972. The van der Waals surface area contributed by atoms with Gasteiger partial charge >= 0.3 is 0 Å². The lowest BCUT2D eigenvalue weighted by Crippen LogP contribution is -2.26. The summed E-state index contributed by atoms with van der Waals surface area (Å²) in [4.78, 5) is 12.3. The predicted molar refractivity (Wildman–Crippen MR) is 77.2 cm³/mol. The van der Waals surface area contributed by atoms with Crippen LogP contribution in [0.3, 0.4) is 0 Å². The molecular formula is C12H15BrN2OS. The van der Waals surface area contributed by atoms with Crippen molar-refractivity contribution < 1.29 is 4.79 Å². The molecule has 17 heavy (non-hydrogen) atoms. The van der Waals surface area contributed by atoms with Gasteiger partial charge in [-0.05, 0) is 43.5 Å². The fourth-order valence-electron chi connectivity index (χ4n) is 1.44. The molecule has 0 bridgehead atoms. The molecule has 0 atom stereocenters. The summed E-state index contributed by atoms with van der Waals surface area (Å²) in [6.45, 7) is 2.50. The monoisotopic (exact) mass is 314 g/mol. The van der Waals surface area contributed by atoms with Crippen molar-refractivity contribution in [3.8, 4) is 0 Å². The second kappa shape index (κ2) is 6.71. The molecule has 0 fully saturated rings. The molecule has 3 N–H and O–H groups in total. The van der Waals surface area contributed by atoms with Crippen molar-refractivity contribution in [3.05, 3.63) is 33.8 Å². The van der Waals surface area contributed by atoms with Crippen molar-refractivity contribution in [2.45, 2.75) is 19.8 Å². The van der Waals surface area contributed by atoms with Crippen LogP contribution in [0.25, 0.3) is 0 Å². The predicted octanol–water partition coefficient (Wildman–Crippen LogP) is 2.55. The van der Waals surface area contributed by atoms with Gasteiger partial charge in [0, 0.05) is 16.6 Å². The summed E-state index contributed by atoms with van der Waals surface area (Å²) in [5.41, 5.74) is 7.02. The molecule has 3 nitrogen and oxygen atoms in total. The molecule has 1 rings (SSSR count). The zero-order valence-electron chi connectivity index (χ0n) is 9.63. The first kappa shape index (κ1) is 14.1. The normalized spacial score (nSPS) is 10.0. The molecule has 0 saturated heterocycles. The fraction of sp³-hybridized carbons (Fsp3) is 0.333. The maximum absolute atomic E-state index is 11.8. The molecule has 0 aliphatic heterocycles. The molecular weight excluding hydrogens is 300 g/mol. The largest absolute Gasteiger partial charge is 0.393 e. The lowest BCUT2D eigenvalue weighted by molar-refractivity contribution is 0.0953. The molecule has 0 unspecified atom stereocenters. The second-order valence-electron chi connectivity index (χ2n) is 3.79. The van der Waals surface area contributed by atoms with E-state index in [1.807, 2.05) is 25.1 Å². The van der Waals surface area contributed by atoms with Gasteiger partial charge in [-0.3, -0.25) is 4.79 Å². The van der Waals surface area contributed by atoms with Crippen LogP contribution in [0.5, 0.6) is 0 Å². The molecule has 0 aromatic heterocycles. The molecule has 1 aromatic carbocycles. The van der Waals surface area contributed by atoms with Gasteiger partial charge in [0.25, 0.3) is 5.91 Å². The average molecular weight is 315 g/mol. The van der Waals surface area contributed by atoms with Crippen molar-refractivity contribution in [3.63, 3.8) is 0 Å². The first-order valence-electron chi connectivity index (χ1n) is 5.33. The molecule has 1 amide bonds. The lowest BCUT2D eigenvalue weighted by atomic mass is 10.1. The molecule has 0 aliphatic carbocycles. The first-order chi connectivity index (χ1) is 8.00. The second-order valence-corrected chi connectivity index (χ2v) is 5.23. The van der Waals surface area contributed by atoms with Crippen LogP contribution in [0, 0.1) is 6.92 Å². The van der Waals surface area contributed by atoms with Crippen LogP contribution in [0.1, 0.15) is 28.8 Å². The molecule has 0 aliphatic rings. The lowest BCUT2D eigenvalue weighted by Gasteiger charge is -2.07. The van der Waals surface area contributed by atoms with E-state index in [0.717, 1.165) is 16.5 Å². The zero-order chi connectivity index (χ0) is 12.8. The van der Waals surface area contributed by atoms with Gasteiger partial charge in [-0.2, -0.15) is 0 Å². The van der Waals surface area contributed by atoms with Gasteiger partial charge in [-0.1, -0.05) is 28.1 Å². The molecule has 0 spiro atoms. The van der Waals surface area contributed by atoms with Crippen LogP contribution in [0.15, 0.2) is 22.7 Å². The number of amides is 1.